The number of aliphatic hydroxyl groups is 1. The molecule has 1 aromatic rings. The minimum absolute atomic E-state index is 0.0132. The molecule has 2 rings (SSSR count). The van der Waals surface area contributed by atoms with Crippen LogP contribution in [0.3, 0.4) is 0 Å². The number of hydrogen-bond acceptors (Lipinski definition) is 3. The minimum atomic E-state index is 0.0132. The summed E-state index contributed by atoms with van der Waals surface area (Å²) < 4.78 is 4.96. The Bertz CT molecular complexity index is 290. The topological polar surface area (TPSA) is 42.4 Å². The maximum atomic E-state index is 9.18. The van der Waals surface area contributed by atoms with Crippen molar-refractivity contribution in [3.8, 4) is 5.88 Å². The Balaban J connectivity index is 2.23. The molecule has 1 saturated carbocycles. The molecule has 1 aliphatic carbocycles. The van der Waals surface area contributed by atoms with Crippen LogP contribution in [-0.4, -0.2) is 23.8 Å². The predicted octanol–water partition coefficient (Wildman–Crippen LogP) is 1.11. The third-order valence-electron chi connectivity index (χ3n) is 2.71. The van der Waals surface area contributed by atoms with Crippen LogP contribution in [0.1, 0.15) is 18.4 Å². The highest BCUT2D eigenvalue weighted by Gasteiger charge is 2.43. The lowest BCUT2D eigenvalue weighted by atomic mass is 9.99. The van der Waals surface area contributed by atoms with Crippen LogP contribution < -0.4 is 4.74 Å². The van der Waals surface area contributed by atoms with Crippen LogP contribution in [-0.2, 0) is 5.41 Å². The average molecular weight is 179 g/mol. The predicted molar refractivity (Wildman–Crippen MR) is 48.8 cm³/mol. The second-order valence-corrected chi connectivity index (χ2v) is 3.53. The first kappa shape index (κ1) is 8.51. The fraction of sp³-hybridized carbons (Fsp3) is 0.500. The van der Waals surface area contributed by atoms with E-state index < -0.39 is 0 Å². The number of ether oxygens (including phenoxy) is 1. The Morgan fingerprint density at radius 3 is 2.69 bits per heavy atom. The first-order valence-corrected chi connectivity index (χ1v) is 4.42. The van der Waals surface area contributed by atoms with Gasteiger partial charge in [-0.15, -0.1) is 0 Å². The second-order valence-electron chi connectivity index (χ2n) is 3.53. The summed E-state index contributed by atoms with van der Waals surface area (Å²) in [6.45, 7) is 0.223. The van der Waals surface area contributed by atoms with Crippen molar-refractivity contribution in [3.05, 3.63) is 23.9 Å². The van der Waals surface area contributed by atoms with Crippen molar-refractivity contribution in [2.24, 2.45) is 0 Å². The largest absolute Gasteiger partial charge is 0.481 e. The van der Waals surface area contributed by atoms with Crippen molar-refractivity contribution < 1.29 is 9.84 Å². The summed E-state index contributed by atoms with van der Waals surface area (Å²) in [5.41, 5.74) is 1.13. The summed E-state index contributed by atoms with van der Waals surface area (Å²) in [4.78, 5) is 4.12. The normalized spacial score (nSPS) is 18.3. The van der Waals surface area contributed by atoms with Gasteiger partial charge in [0.2, 0.25) is 5.88 Å². The fourth-order valence-corrected chi connectivity index (χ4v) is 1.50. The van der Waals surface area contributed by atoms with Gasteiger partial charge in [0, 0.05) is 17.7 Å². The van der Waals surface area contributed by atoms with Crippen LogP contribution in [0.15, 0.2) is 18.3 Å². The molecular weight excluding hydrogens is 166 g/mol. The Kier molecular flexibility index (Phi) is 1.96. The maximum absolute atomic E-state index is 9.18. The number of pyridine rings is 1. The molecule has 70 valence electrons. The number of aliphatic hydroxyl groups excluding tert-OH is 1. The first-order chi connectivity index (χ1) is 6.30. The number of rotatable bonds is 3. The molecule has 0 saturated heterocycles. The lowest BCUT2D eigenvalue weighted by molar-refractivity contribution is 0.254. The van der Waals surface area contributed by atoms with Gasteiger partial charge in [0.25, 0.3) is 0 Å². The molecule has 0 unspecified atom stereocenters. The smallest absolute Gasteiger partial charge is 0.212 e. The van der Waals surface area contributed by atoms with E-state index in [0.717, 1.165) is 18.4 Å². The standard InChI is InChI=1S/C10H13NO2/c1-13-9-3-2-8(6-11-9)10(7-12)4-5-10/h2-3,6,12H,4-5,7H2,1H3. The van der Waals surface area contributed by atoms with E-state index in [2.05, 4.69) is 4.98 Å². The van der Waals surface area contributed by atoms with Gasteiger partial charge < -0.3 is 9.84 Å². The summed E-state index contributed by atoms with van der Waals surface area (Å²) in [6.07, 6.45) is 3.93. The van der Waals surface area contributed by atoms with Crippen LogP contribution in [0.25, 0.3) is 0 Å². The van der Waals surface area contributed by atoms with Crippen molar-refractivity contribution in [3.63, 3.8) is 0 Å². The Labute approximate surface area is 77.4 Å². The molecule has 3 heteroatoms. The molecule has 0 bridgehead atoms. The van der Waals surface area contributed by atoms with Gasteiger partial charge in [0.15, 0.2) is 0 Å². The molecule has 3 nitrogen and oxygen atoms in total. The van der Waals surface area contributed by atoms with E-state index in [0.29, 0.717) is 5.88 Å². The van der Waals surface area contributed by atoms with Gasteiger partial charge in [0.1, 0.15) is 0 Å². The number of hydrogen-bond donors (Lipinski definition) is 1. The molecule has 1 heterocycles. The fourth-order valence-electron chi connectivity index (χ4n) is 1.50. The number of aromatic nitrogens is 1. The molecule has 0 radical (unpaired) electrons. The first-order valence-electron chi connectivity index (χ1n) is 4.42. The van der Waals surface area contributed by atoms with E-state index in [1.165, 1.54) is 0 Å². The third kappa shape index (κ3) is 1.40. The van der Waals surface area contributed by atoms with Crippen molar-refractivity contribution in [1.29, 1.82) is 0 Å². The zero-order chi connectivity index (χ0) is 9.31. The lowest BCUT2D eigenvalue weighted by Crippen LogP contribution is -2.11. The molecule has 1 N–H and O–H groups in total. The van der Waals surface area contributed by atoms with Crippen molar-refractivity contribution in [2.75, 3.05) is 13.7 Å². The molecule has 1 aliphatic rings. The summed E-state index contributed by atoms with van der Waals surface area (Å²) in [7, 11) is 1.60. The van der Waals surface area contributed by atoms with Crippen LogP contribution in [0.5, 0.6) is 5.88 Å². The summed E-state index contributed by atoms with van der Waals surface area (Å²) in [6, 6.07) is 3.82. The molecule has 1 aromatic heterocycles. The van der Waals surface area contributed by atoms with Crippen molar-refractivity contribution in [2.45, 2.75) is 18.3 Å². The number of nitrogens with zero attached hydrogens (tertiary/aromatic N) is 1. The highest BCUT2D eigenvalue weighted by molar-refractivity contribution is 5.31. The second kappa shape index (κ2) is 3.00. The van der Waals surface area contributed by atoms with Crippen LogP contribution in [0, 0.1) is 0 Å². The number of methoxy groups -OCH3 is 1. The molecule has 0 amide bonds. The molecule has 1 fully saturated rings. The van der Waals surface area contributed by atoms with Crippen LogP contribution >= 0.6 is 0 Å². The Morgan fingerprint density at radius 1 is 1.54 bits per heavy atom. The van der Waals surface area contributed by atoms with E-state index in [-0.39, 0.29) is 12.0 Å². The third-order valence-corrected chi connectivity index (χ3v) is 2.71. The zero-order valence-corrected chi connectivity index (χ0v) is 7.66. The monoisotopic (exact) mass is 179 g/mol. The highest BCUT2D eigenvalue weighted by atomic mass is 16.5. The van der Waals surface area contributed by atoms with E-state index >= 15 is 0 Å². The van der Waals surface area contributed by atoms with E-state index in [4.69, 9.17) is 4.74 Å². The maximum Gasteiger partial charge on any atom is 0.212 e. The van der Waals surface area contributed by atoms with E-state index in [1.54, 1.807) is 13.3 Å². The molecular formula is C10H13NO2. The van der Waals surface area contributed by atoms with Crippen LogP contribution in [0.4, 0.5) is 0 Å². The van der Waals surface area contributed by atoms with Crippen molar-refractivity contribution >= 4 is 0 Å². The van der Waals surface area contributed by atoms with Gasteiger partial charge in [0.05, 0.1) is 13.7 Å². The molecule has 13 heavy (non-hydrogen) atoms. The lowest BCUT2D eigenvalue weighted by Gasteiger charge is -2.11. The van der Waals surface area contributed by atoms with Gasteiger partial charge in [-0.1, -0.05) is 6.07 Å². The minimum Gasteiger partial charge on any atom is -0.481 e. The SMILES string of the molecule is COc1ccc(C2(CO)CC2)cn1. The summed E-state index contributed by atoms with van der Waals surface area (Å²) >= 11 is 0. The van der Waals surface area contributed by atoms with Gasteiger partial charge in [-0.25, -0.2) is 4.98 Å². The molecule has 0 aliphatic heterocycles. The zero-order valence-electron chi connectivity index (χ0n) is 7.66. The van der Waals surface area contributed by atoms with Gasteiger partial charge in [-0.3, -0.25) is 0 Å². The van der Waals surface area contributed by atoms with Gasteiger partial charge >= 0.3 is 0 Å². The molecule has 0 aromatic carbocycles. The quantitative estimate of drug-likeness (QED) is 0.755. The molecule has 0 atom stereocenters. The Morgan fingerprint density at radius 2 is 2.31 bits per heavy atom. The Hall–Kier alpha value is -1.09. The average Bonchev–Trinajstić information content (AvgIpc) is 2.99. The van der Waals surface area contributed by atoms with E-state index in [1.807, 2.05) is 12.1 Å². The molecule has 0 spiro atoms. The van der Waals surface area contributed by atoms with Gasteiger partial charge in [-0.05, 0) is 18.4 Å². The summed E-state index contributed by atoms with van der Waals surface area (Å²) in [5, 5.41) is 9.18. The van der Waals surface area contributed by atoms with E-state index in [9.17, 15) is 5.11 Å². The van der Waals surface area contributed by atoms with Crippen molar-refractivity contribution in [1.82, 2.24) is 4.98 Å². The van der Waals surface area contributed by atoms with Crippen LogP contribution in [0.2, 0.25) is 0 Å². The highest BCUT2D eigenvalue weighted by Crippen LogP contribution is 2.47. The summed E-state index contributed by atoms with van der Waals surface area (Å²) in [5.74, 6) is 0.623. The van der Waals surface area contributed by atoms with Gasteiger partial charge in [-0.2, -0.15) is 0 Å².